The molecule has 0 aromatic heterocycles. The second kappa shape index (κ2) is 7.36. The monoisotopic (exact) mass is 165 g/mol. The molecule has 0 radical (unpaired) electrons. The summed E-state index contributed by atoms with van der Waals surface area (Å²) in [5.74, 6) is 0.857. The van der Waals surface area contributed by atoms with Crippen LogP contribution >= 0.6 is 12.4 Å². The summed E-state index contributed by atoms with van der Waals surface area (Å²) in [6, 6.07) is 0.388. The maximum absolute atomic E-state index is 5.60. The third-order valence-corrected chi connectivity index (χ3v) is 1.81. The Labute approximate surface area is 70.8 Å². The lowest BCUT2D eigenvalue weighted by molar-refractivity contribution is 0.469. The largest absolute Gasteiger partial charge is 0.328 e. The predicted molar refractivity (Wildman–Crippen MR) is 49.6 cm³/mol. The Kier molecular flexibility index (Phi) is 9.48. The zero-order valence-corrected chi connectivity index (χ0v) is 8.08. The average Bonchev–Trinajstić information content (AvgIpc) is 1.83. The lowest BCUT2D eigenvalue weighted by Gasteiger charge is -2.09. The van der Waals surface area contributed by atoms with E-state index in [9.17, 15) is 0 Å². The molecule has 0 spiro atoms. The number of halogens is 1. The lowest BCUT2D eigenvalue weighted by Crippen LogP contribution is -2.15. The molecule has 2 N–H and O–H groups in total. The minimum absolute atomic E-state index is 0. The zero-order chi connectivity index (χ0) is 7.28. The fourth-order valence-electron chi connectivity index (χ4n) is 0.752. The van der Waals surface area contributed by atoms with Gasteiger partial charge in [-0.3, -0.25) is 0 Å². The van der Waals surface area contributed by atoms with Crippen molar-refractivity contribution >= 4 is 12.4 Å². The second-order valence-corrected chi connectivity index (χ2v) is 3.07. The fourth-order valence-corrected chi connectivity index (χ4v) is 0.752. The first kappa shape index (κ1) is 12.9. The predicted octanol–water partition coefficient (Wildman–Crippen LogP) is 2.58. The van der Waals surface area contributed by atoms with Crippen LogP contribution in [0.1, 0.15) is 40.0 Å². The Morgan fingerprint density at radius 3 is 2.00 bits per heavy atom. The van der Waals surface area contributed by atoms with E-state index in [1.165, 1.54) is 19.3 Å². The van der Waals surface area contributed by atoms with E-state index < -0.39 is 0 Å². The van der Waals surface area contributed by atoms with Gasteiger partial charge in [0.25, 0.3) is 0 Å². The van der Waals surface area contributed by atoms with Crippen molar-refractivity contribution in [2.45, 2.75) is 46.1 Å². The molecule has 2 heteroatoms. The molecule has 0 aliphatic carbocycles. The van der Waals surface area contributed by atoms with Crippen LogP contribution < -0.4 is 5.73 Å². The van der Waals surface area contributed by atoms with Gasteiger partial charge in [-0.1, -0.05) is 20.3 Å². The first-order chi connectivity index (χ1) is 4.16. The summed E-state index contributed by atoms with van der Waals surface area (Å²) >= 11 is 0. The van der Waals surface area contributed by atoms with Gasteiger partial charge >= 0.3 is 0 Å². The molecule has 0 heterocycles. The molecule has 0 amide bonds. The SMILES string of the molecule is CCC(C)CCC(C)N.Cl. The molecule has 0 aliphatic rings. The molecule has 0 fully saturated rings. The van der Waals surface area contributed by atoms with Crippen LogP contribution in [0.4, 0.5) is 0 Å². The molecule has 0 aromatic rings. The molecule has 0 bridgehead atoms. The fraction of sp³-hybridized carbons (Fsp3) is 1.00. The number of hydrogen-bond donors (Lipinski definition) is 1. The molecule has 0 aliphatic heterocycles. The normalized spacial score (nSPS) is 15.6. The van der Waals surface area contributed by atoms with Gasteiger partial charge in [0.1, 0.15) is 0 Å². The number of nitrogens with two attached hydrogens (primary N) is 1. The highest BCUT2D eigenvalue weighted by Gasteiger charge is 1.99. The summed E-state index contributed by atoms with van der Waals surface area (Å²) in [7, 11) is 0. The Hall–Kier alpha value is 0.250. The summed E-state index contributed by atoms with van der Waals surface area (Å²) in [5, 5.41) is 0. The Morgan fingerprint density at radius 1 is 1.20 bits per heavy atom. The molecular formula is C8H20ClN. The molecule has 2 atom stereocenters. The Balaban J connectivity index is 0. The van der Waals surface area contributed by atoms with Gasteiger partial charge in [0.15, 0.2) is 0 Å². The smallest absolute Gasteiger partial charge is 0.00105 e. The Morgan fingerprint density at radius 2 is 1.70 bits per heavy atom. The second-order valence-electron chi connectivity index (χ2n) is 3.07. The molecule has 0 saturated heterocycles. The maximum Gasteiger partial charge on any atom is 0.00105 e. The van der Waals surface area contributed by atoms with Gasteiger partial charge in [0.05, 0.1) is 0 Å². The highest BCUT2D eigenvalue weighted by atomic mass is 35.5. The van der Waals surface area contributed by atoms with Gasteiger partial charge in [0.2, 0.25) is 0 Å². The highest BCUT2D eigenvalue weighted by molar-refractivity contribution is 5.85. The van der Waals surface area contributed by atoms with Crippen molar-refractivity contribution < 1.29 is 0 Å². The van der Waals surface area contributed by atoms with E-state index in [-0.39, 0.29) is 12.4 Å². The topological polar surface area (TPSA) is 26.0 Å². The van der Waals surface area contributed by atoms with Crippen LogP contribution in [-0.2, 0) is 0 Å². The summed E-state index contributed by atoms with van der Waals surface area (Å²) in [6.07, 6.45) is 3.75. The molecule has 0 rings (SSSR count). The van der Waals surface area contributed by atoms with Crippen molar-refractivity contribution in [1.82, 2.24) is 0 Å². The third kappa shape index (κ3) is 8.25. The van der Waals surface area contributed by atoms with Crippen molar-refractivity contribution in [3.63, 3.8) is 0 Å². The maximum atomic E-state index is 5.60. The minimum atomic E-state index is 0. The Bertz CT molecular complexity index is 64.3. The van der Waals surface area contributed by atoms with Gasteiger partial charge < -0.3 is 5.73 Å². The molecular weight excluding hydrogens is 146 g/mol. The van der Waals surface area contributed by atoms with Crippen molar-refractivity contribution in [3.05, 3.63) is 0 Å². The van der Waals surface area contributed by atoms with E-state index in [1.807, 2.05) is 0 Å². The van der Waals surface area contributed by atoms with Gasteiger partial charge in [-0.2, -0.15) is 0 Å². The summed E-state index contributed by atoms with van der Waals surface area (Å²) in [5.41, 5.74) is 5.60. The average molecular weight is 166 g/mol. The van der Waals surface area contributed by atoms with Gasteiger partial charge in [-0.05, 0) is 25.7 Å². The molecule has 1 nitrogen and oxygen atoms in total. The molecule has 64 valence electrons. The summed E-state index contributed by atoms with van der Waals surface area (Å²) in [6.45, 7) is 6.58. The van der Waals surface area contributed by atoms with E-state index in [4.69, 9.17) is 5.73 Å². The number of hydrogen-bond acceptors (Lipinski definition) is 1. The summed E-state index contributed by atoms with van der Waals surface area (Å²) in [4.78, 5) is 0. The third-order valence-electron chi connectivity index (χ3n) is 1.81. The van der Waals surface area contributed by atoms with Crippen LogP contribution in [0.15, 0.2) is 0 Å². The summed E-state index contributed by atoms with van der Waals surface area (Å²) < 4.78 is 0. The van der Waals surface area contributed by atoms with Crippen molar-refractivity contribution in [1.29, 1.82) is 0 Å². The van der Waals surface area contributed by atoms with Crippen molar-refractivity contribution in [3.8, 4) is 0 Å². The lowest BCUT2D eigenvalue weighted by atomic mass is 10.0. The zero-order valence-electron chi connectivity index (χ0n) is 7.26. The highest BCUT2D eigenvalue weighted by Crippen LogP contribution is 2.09. The molecule has 2 unspecified atom stereocenters. The molecule has 10 heavy (non-hydrogen) atoms. The van der Waals surface area contributed by atoms with Gasteiger partial charge in [-0.15, -0.1) is 12.4 Å². The number of rotatable bonds is 4. The first-order valence-electron chi connectivity index (χ1n) is 3.92. The van der Waals surface area contributed by atoms with Crippen LogP contribution in [0.2, 0.25) is 0 Å². The van der Waals surface area contributed by atoms with E-state index in [0.717, 1.165) is 5.92 Å². The van der Waals surface area contributed by atoms with E-state index >= 15 is 0 Å². The van der Waals surface area contributed by atoms with Crippen LogP contribution in [-0.4, -0.2) is 6.04 Å². The van der Waals surface area contributed by atoms with E-state index in [0.29, 0.717) is 6.04 Å². The minimum Gasteiger partial charge on any atom is -0.328 e. The van der Waals surface area contributed by atoms with Crippen LogP contribution in [0.3, 0.4) is 0 Å². The van der Waals surface area contributed by atoms with Crippen molar-refractivity contribution in [2.24, 2.45) is 11.7 Å². The van der Waals surface area contributed by atoms with Crippen LogP contribution in [0, 0.1) is 5.92 Å². The molecule has 0 aromatic carbocycles. The standard InChI is InChI=1S/C8H19N.ClH/c1-4-7(2)5-6-8(3)9;/h7-8H,4-6,9H2,1-3H3;1H. The molecule has 0 saturated carbocycles. The van der Waals surface area contributed by atoms with E-state index in [1.54, 1.807) is 0 Å². The van der Waals surface area contributed by atoms with Crippen LogP contribution in [0.25, 0.3) is 0 Å². The van der Waals surface area contributed by atoms with Gasteiger partial charge in [-0.25, -0.2) is 0 Å². The van der Waals surface area contributed by atoms with E-state index in [2.05, 4.69) is 20.8 Å². The quantitative estimate of drug-likeness (QED) is 0.681. The van der Waals surface area contributed by atoms with Crippen molar-refractivity contribution in [2.75, 3.05) is 0 Å². The van der Waals surface area contributed by atoms with Crippen LogP contribution in [0.5, 0.6) is 0 Å². The van der Waals surface area contributed by atoms with Gasteiger partial charge in [0, 0.05) is 6.04 Å². The first-order valence-corrected chi connectivity index (χ1v) is 3.92.